The number of hydrogen-bond donors (Lipinski definition) is 1. The third-order valence-electron chi connectivity index (χ3n) is 4.58. The van der Waals surface area contributed by atoms with Gasteiger partial charge in [0.1, 0.15) is 11.8 Å². The lowest BCUT2D eigenvalue weighted by atomic mass is 9.93. The quantitative estimate of drug-likeness (QED) is 0.912. The smallest absolute Gasteiger partial charge is 0.236 e. The molecule has 22 heavy (non-hydrogen) atoms. The number of nitrogens with zero attached hydrogens (tertiary/aromatic N) is 3. The van der Waals surface area contributed by atoms with Crippen LogP contribution in [0.3, 0.4) is 0 Å². The predicted molar refractivity (Wildman–Crippen MR) is 82.8 cm³/mol. The highest BCUT2D eigenvalue weighted by Crippen LogP contribution is 2.32. The van der Waals surface area contributed by atoms with E-state index < -0.39 is 0 Å². The van der Waals surface area contributed by atoms with Crippen molar-refractivity contribution in [3.05, 3.63) is 18.1 Å². The second-order valence-electron chi connectivity index (χ2n) is 6.09. The molecule has 6 heteroatoms. The standard InChI is InChI=1S/C16H24N4O2/c1-12(21)20-10-4-13(5-11-20)15-16(19-9-8-18-15)22-14-2-6-17-7-3-14/h8-9,13-14,17H,2-7,10-11H2,1H3. The van der Waals surface area contributed by atoms with Crippen LogP contribution >= 0.6 is 0 Å². The lowest BCUT2D eigenvalue weighted by molar-refractivity contribution is -0.129. The van der Waals surface area contributed by atoms with Gasteiger partial charge in [0.05, 0.1) is 0 Å². The van der Waals surface area contributed by atoms with Crippen LogP contribution in [0.5, 0.6) is 5.88 Å². The van der Waals surface area contributed by atoms with E-state index in [9.17, 15) is 4.79 Å². The molecule has 6 nitrogen and oxygen atoms in total. The van der Waals surface area contributed by atoms with E-state index in [-0.39, 0.29) is 12.0 Å². The third kappa shape index (κ3) is 3.55. The number of amides is 1. The van der Waals surface area contributed by atoms with E-state index in [1.165, 1.54) is 0 Å². The number of piperidine rings is 2. The largest absolute Gasteiger partial charge is 0.473 e. The van der Waals surface area contributed by atoms with Crippen molar-refractivity contribution in [3.63, 3.8) is 0 Å². The van der Waals surface area contributed by atoms with Gasteiger partial charge in [0.2, 0.25) is 11.8 Å². The Labute approximate surface area is 131 Å². The molecule has 2 saturated heterocycles. The van der Waals surface area contributed by atoms with Gasteiger partial charge in [-0.1, -0.05) is 0 Å². The second-order valence-corrected chi connectivity index (χ2v) is 6.09. The fraction of sp³-hybridized carbons (Fsp3) is 0.688. The number of aromatic nitrogens is 2. The van der Waals surface area contributed by atoms with Crippen molar-refractivity contribution < 1.29 is 9.53 Å². The summed E-state index contributed by atoms with van der Waals surface area (Å²) in [5.41, 5.74) is 0.962. The second kappa shape index (κ2) is 7.05. The maximum Gasteiger partial charge on any atom is 0.236 e. The molecule has 120 valence electrons. The molecule has 1 aromatic heterocycles. The molecule has 2 aliphatic rings. The fourth-order valence-electron chi connectivity index (χ4n) is 3.25. The maximum absolute atomic E-state index is 11.4. The highest BCUT2D eigenvalue weighted by molar-refractivity contribution is 5.73. The average Bonchev–Trinajstić information content (AvgIpc) is 2.56. The van der Waals surface area contributed by atoms with Gasteiger partial charge in [-0.05, 0) is 38.8 Å². The molecule has 3 heterocycles. The minimum absolute atomic E-state index is 0.156. The minimum atomic E-state index is 0.156. The van der Waals surface area contributed by atoms with Gasteiger partial charge in [0.15, 0.2) is 0 Å². The molecule has 0 aromatic carbocycles. The van der Waals surface area contributed by atoms with Gasteiger partial charge in [0.25, 0.3) is 0 Å². The van der Waals surface area contributed by atoms with Crippen molar-refractivity contribution in [2.45, 2.75) is 44.6 Å². The molecule has 0 atom stereocenters. The highest BCUT2D eigenvalue weighted by atomic mass is 16.5. The average molecular weight is 304 g/mol. The van der Waals surface area contributed by atoms with Gasteiger partial charge in [0, 0.05) is 38.3 Å². The summed E-state index contributed by atoms with van der Waals surface area (Å²) in [7, 11) is 0. The van der Waals surface area contributed by atoms with Gasteiger partial charge in [-0.15, -0.1) is 0 Å². The SMILES string of the molecule is CC(=O)N1CCC(c2nccnc2OC2CCNCC2)CC1. The van der Waals surface area contributed by atoms with E-state index in [1.54, 1.807) is 19.3 Å². The number of likely N-dealkylation sites (tertiary alicyclic amines) is 1. The number of hydrogen-bond acceptors (Lipinski definition) is 5. The Morgan fingerprint density at radius 3 is 2.55 bits per heavy atom. The zero-order chi connectivity index (χ0) is 15.4. The van der Waals surface area contributed by atoms with Crippen LogP contribution < -0.4 is 10.1 Å². The van der Waals surface area contributed by atoms with Crippen LogP contribution in [0.2, 0.25) is 0 Å². The molecule has 0 bridgehead atoms. The molecule has 0 radical (unpaired) electrons. The molecule has 2 aliphatic heterocycles. The van der Waals surface area contributed by atoms with E-state index in [0.717, 1.165) is 57.6 Å². The predicted octanol–water partition coefficient (Wildman–Crippen LogP) is 1.33. The Morgan fingerprint density at radius 2 is 1.86 bits per heavy atom. The van der Waals surface area contributed by atoms with Crippen molar-refractivity contribution in [1.29, 1.82) is 0 Å². The number of carbonyl (C=O) groups excluding carboxylic acids is 1. The topological polar surface area (TPSA) is 67.4 Å². The van der Waals surface area contributed by atoms with Crippen LogP contribution in [0.25, 0.3) is 0 Å². The van der Waals surface area contributed by atoms with Crippen LogP contribution in [0.15, 0.2) is 12.4 Å². The maximum atomic E-state index is 11.4. The van der Waals surface area contributed by atoms with E-state index in [0.29, 0.717) is 11.8 Å². The first-order valence-corrected chi connectivity index (χ1v) is 8.18. The molecule has 0 saturated carbocycles. The van der Waals surface area contributed by atoms with Crippen LogP contribution in [-0.4, -0.2) is 53.1 Å². The van der Waals surface area contributed by atoms with Crippen molar-refractivity contribution in [1.82, 2.24) is 20.2 Å². The first-order valence-electron chi connectivity index (χ1n) is 8.18. The molecule has 2 fully saturated rings. The summed E-state index contributed by atoms with van der Waals surface area (Å²) in [6.45, 7) is 5.22. The number of rotatable bonds is 3. The van der Waals surface area contributed by atoms with Crippen molar-refractivity contribution in [2.75, 3.05) is 26.2 Å². The first kappa shape index (κ1) is 15.2. The van der Waals surface area contributed by atoms with Crippen molar-refractivity contribution in [2.24, 2.45) is 0 Å². The molecule has 0 aliphatic carbocycles. The Kier molecular flexibility index (Phi) is 4.87. The third-order valence-corrected chi connectivity index (χ3v) is 4.58. The van der Waals surface area contributed by atoms with Gasteiger partial charge < -0.3 is 15.0 Å². The molecule has 1 N–H and O–H groups in total. The van der Waals surface area contributed by atoms with E-state index in [1.807, 2.05) is 4.90 Å². The number of nitrogens with one attached hydrogen (secondary N) is 1. The van der Waals surface area contributed by atoms with Gasteiger partial charge in [-0.3, -0.25) is 9.78 Å². The molecule has 3 rings (SSSR count). The molecule has 1 aromatic rings. The monoisotopic (exact) mass is 304 g/mol. The normalized spacial score (nSPS) is 20.9. The van der Waals surface area contributed by atoms with Crippen LogP contribution in [0, 0.1) is 0 Å². The molecular formula is C16H24N4O2. The zero-order valence-electron chi connectivity index (χ0n) is 13.1. The van der Waals surface area contributed by atoms with Gasteiger partial charge >= 0.3 is 0 Å². The Hall–Kier alpha value is -1.69. The molecule has 0 spiro atoms. The summed E-state index contributed by atoms with van der Waals surface area (Å²) in [5.74, 6) is 1.18. The van der Waals surface area contributed by atoms with Crippen LogP contribution in [0.1, 0.15) is 44.2 Å². The van der Waals surface area contributed by atoms with E-state index in [2.05, 4.69) is 15.3 Å². The lowest BCUT2D eigenvalue weighted by Gasteiger charge is -2.32. The highest BCUT2D eigenvalue weighted by Gasteiger charge is 2.27. The van der Waals surface area contributed by atoms with Crippen LogP contribution in [-0.2, 0) is 4.79 Å². The Balaban J connectivity index is 1.67. The molecular weight excluding hydrogens is 280 g/mol. The summed E-state index contributed by atoms with van der Waals surface area (Å²) in [4.78, 5) is 22.3. The zero-order valence-corrected chi connectivity index (χ0v) is 13.1. The summed E-state index contributed by atoms with van der Waals surface area (Å²) >= 11 is 0. The summed E-state index contributed by atoms with van der Waals surface area (Å²) in [5, 5.41) is 3.34. The summed E-state index contributed by atoms with van der Waals surface area (Å²) < 4.78 is 6.12. The molecule has 0 unspecified atom stereocenters. The van der Waals surface area contributed by atoms with Crippen molar-refractivity contribution >= 4 is 5.91 Å². The van der Waals surface area contributed by atoms with Gasteiger partial charge in [-0.25, -0.2) is 4.98 Å². The van der Waals surface area contributed by atoms with Gasteiger partial charge in [-0.2, -0.15) is 0 Å². The Morgan fingerprint density at radius 1 is 1.18 bits per heavy atom. The number of carbonyl (C=O) groups is 1. The number of ether oxygens (including phenoxy) is 1. The fourth-order valence-corrected chi connectivity index (χ4v) is 3.25. The van der Waals surface area contributed by atoms with Crippen molar-refractivity contribution in [3.8, 4) is 5.88 Å². The summed E-state index contributed by atoms with van der Waals surface area (Å²) in [6, 6.07) is 0. The van der Waals surface area contributed by atoms with Crippen LogP contribution in [0.4, 0.5) is 0 Å². The first-order chi connectivity index (χ1) is 10.7. The molecule has 1 amide bonds. The Bertz CT molecular complexity index is 509. The lowest BCUT2D eigenvalue weighted by Crippen LogP contribution is -2.37. The minimum Gasteiger partial charge on any atom is -0.473 e. The van der Waals surface area contributed by atoms with E-state index in [4.69, 9.17) is 4.74 Å². The van der Waals surface area contributed by atoms with E-state index >= 15 is 0 Å². The summed E-state index contributed by atoms with van der Waals surface area (Å²) in [6.07, 6.45) is 7.56.